The van der Waals surface area contributed by atoms with Gasteiger partial charge in [-0.3, -0.25) is 9.89 Å². The standard InChI is InChI=1S/C13H22N2O3.C8H12N2O3.C5H9F3O/c1-12(2,3)9-17-10-7-8-15(14-10)11(16)18-13(4,5)6;1-8(2,3)13-7(12)10-5-4-6(11)9-10;1-4(2,3-9)5(6,7)8/h7-8H,9H2,1-6H3;4-5H,1-3H3,(H,9,11);9H,3H2,1-2H3. The second-order valence-electron chi connectivity index (χ2n) is 12.6. The first-order chi connectivity index (χ1) is 17.8. The highest BCUT2D eigenvalue weighted by atomic mass is 19.4. The molecule has 11 nitrogen and oxygen atoms in total. The SMILES string of the molecule is CC(C)(C)COc1ccn(C(=O)OC(C)(C)C)n1.CC(C)(C)OC(=O)n1ccc(=O)[nH]1.CC(C)(CO)C(F)(F)F. The third-order valence-electron chi connectivity index (χ3n) is 4.16. The number of rotatable bonds is 3. The molecule has 2 aromatic heterocycles. The van der Waals surface area contributed by atoms with E-state index in [1.165, 1.54) is 18.5 Å². The molecule has 0 unspecified atom stereocenters. The lowest BCUT2D eigenvalue weighted by Gasteiger charge is -2.24. The van der Waals surface area contributed by atoms with Gasteiger partial charge in [-0.05, 0) is 60.8 Å². The summed E-state index contributed by atoms with van der Waals surface area (Å²) in [5, 5.41) is 14.5. The average Bonchev–Trinajstić information content (AvgIpc) is 3.39. The van der Waals surface area contributed by atoms with Crippen molar-refractivity contribution in [1.29, 1.82) is 0 Å². The summed E-state index contributed by atoms with van der Waals surface area (Å²) >= 11 is 0. The molecule has 2 rings (SSSR count). The normalized spacial score (nSPS) is 12.4. The van der Waals surface area contributed by atoms with Crippen LogP contribution in [0.1, 0.15) is 76.2 Å². The van der Waals surface area contributed by atoms with Crippen molar-refractivity contribution >= 4 is 12.2 Å². The molecule has 2 aromatic rings. The zero-order chi connectivity index (χ0) is 31.7. The Morgan fingerprint density at radius 1 is 0.875 bits per heavy atom. The molecular weight excluding hydrogens is 537 g/mol. The molecule has 2 heterocycles. The fourth-order valence-electron chi connectivity index (χ4n) is 1.93. The zero-order valence-corrected chi connectivity index (χ0v) is 25.1. The number of aromatic amines is 1. The van der Waals surface area contributed by atoms with Crippen LogP contribution < -0.4 is 10.3 Å². The smallest absolute Gasteiger partial charge is 0.435 e. The third-order valence-corrected chi connectivity index (χ3v) is 4.16. The quantitative estimate of drug-likeness (QED) is 0.477. The highest BCUT2D eigenvalue weighted by Crippen LogP contribution is 2.36. The Kier molecular flexibility index (Phi) is 12.7. The van der Waals surface area contributed by atoms with Crippen molar-refractivity contribution in [3.63, 3.8) is 0 Å². The Morgan fingerprint density at radius 2 is 1.38 bits per heavy atom. The van der Waals surface area contributed by atoms with Crippen LogP contribution in [-0.2, 0) is 9.47 Å². The number of aliphatic hydroxyl groups is 1. The van der Waals surface area contributed by atoms with Crippen LogP contribution in [0.5, 0.6) is 5.88 Å². The number of alkyl halides is 3. The Balaban J connectivity index is 0.000000608. The van der Waals surface area contributed by atoms with Crippen LogP contribution in [0.25, 0.3) is 0 Å². The number of hydrogen-bond donors (Lipinski definition) is 2. The number of nitrogens with one attached hydrogen (secondary N) is 1. The minimum Gasteiger partial charge on any atom is -0.476 e. The zero-order valence-electron chi connectivity index (χ0n) is 25.1. The molecule has 0 aromatic carbocycles. The topological polar surface area (TPSA) is 138 Å². The maximum atomic E-state index is 11.7. The van der Waals surface area contributed by atoms with E-state index in [0.29, 0.717) is 12.5 Å². The van der Waals surface area contributed by atoms with Crippen LogP contribution in [-0.4, -0.2) is 67.4 Å². The number of carbonyl (C=O) groups excluding carboxylic acids is 2. The van der Waals surface area contributed by atoms with Gasteiger partial charge in [0.15, 0.2) is 0 Å². The molecule has 0 saturated heterocycles. The molecule has 14 heteroatoms. The number of nitrogens with zero attached hydrogens (tertiary/aromatic N) is 3. The van der Waals surface area contributed by atoms with Gasteiger partial charge in [0.25, 0.3) is 5.56 Å². The van der Waals surface area contributed by atoms with Crippen molar-refractivity contribution in [2.24, 2.45) is 10.8 Å². The summed E-state index contributed by atoms with van der Waals surface area (Å²) in [6.45, 7) is 18.5. The van der Waals surface area contributed by atoms with Gasteiger partial charge in [0.2, 0.25) is 5.88 Å². The van der Waals surface area contributed by atoms with Crippen molar-refractivity contribution in [3.05, 3.63) is 34.9 Å². The van der Waals surface area contributed by atoms with Crippen LogP contribution >= 0.6 is 0 Å². The van der Waals surface area contributed by atoms with Gasteiger partial charge in [-0.15, -0.1) is 5.10 Å². The highest BCUT2D eigenvalue weighted by Gasteiger charge is 2.46. The number of aliphatic hydroxyl groups excluding tert-OH is 1. The van der Waals surface area contributed by atoms with Crippen LogP contribution in [0.15, 0.2) is 29.3 Å². The summed E-state index contributed by atoms with van der Waals surface area (Å²) < 4.78 is 52.8. The van der Waals surface area contributed by atoms with E-state index in [9.17, 15) is 27.6 Å². The lowest BCUT2D eigenvalue weighted by Crippen LogP contribution is -2.35. The van der Waals surface area contributed by atoms with Gasteiger partial charge in [0.1, 0.15) is 11.2 Å². The van der Waals surface area contributed by atoms with E-state index < -0.39 is 41.6 Å². The monoisotopic (exact) mass is 580 g/mol. The summed E-state index contributed by atoms with van der Waals surface area (Å²) in [7, 11) is 0. The second-order valence-corrected chi connectivity index (χ2v) is 12.6. The van der Waals surface area contributed by atoms with E-state index in [0.717, 1.165) is 23.2 Å². The summed E-state index contributed by atoms with van der Waals surface area (Å²) in [5.41, 5.74) is -3.33. The van der Waals surface area contributed by atoms with E-state index in [1.54, 1.807) is 26.8 Å². The minimum absolute atomic E-state index is 0.0513. The second kappa shape index (κ2) is 13.9. The molecule has 0 atom stereocenters. The minimum atomic E-state index is -4.30. The third kappa shape index (κ3) is 15.3. The van der Waals surface area contributed by atoms with Gasteiger partial charge in [-0.2, -0.15) is 22.5 Å². The van der Waals surface area contributed by atoms with E-state index in [-0.39, 0.29) is 11.0 Å². The number of halogens is 3. The molecule has 40 heavy (non-hydrogen) atoms. The molecule has 0 aliphatic carbocycles. The number of ether oxygens (including phenoxy) is 3. The Bertz CT molecular complexity index is 1130. The molecule has 0 aliphatic rings. The molecule has 0 spiro atoms. The van der Waals surface area contributed by atoms with Crippen LogP contribution in [0, 0.1) is 10.8 Å². The predicted molar refractivity (Wildman–Crippen MR) is 142 cm³/mol. The van der Waals surface area contributed by atoms with Crippen molar-refractivity contribution in [3.8, 4) is 5.88 Å². The van der Waals surface area contributed by atoms with E-state index in [2.05, 4.69) is 31.0 Å². The molecule has 0 saturated carbocycles. The maximum Gasteiger partial charge on any atom is 0.435 e. The molecule has 0 bridgehead atoms. The van der Waals surface area contributed by atoms with Crippen molar-refractivity contribution in [1.82, 2.24) is 19.6 Å². The molecule has 0 radical (unpaired) electrons. The first-order valence-electron chi connectivity index (χ1n) is 12.4. The van der Waals surface area contributed by atoms with Crippen molar-refractivity contribution in [2.75, 3.05) is 13.2 Å². The predicted octanol–water partition coefficient (Wildman–Crippen LogP) is 5.62. The average molecular weight is 581 g/mol. The lowest BCUT2D eigenvalue weighted by molar-refractivity contribution is -0.222. The molecule has 230 valence electrons. The largest absolute Gasteiger partial charge is 0.476 e. The van der Waals surface area contributed by atoms with Gasteiger partial charge in [-0.25, -0.2) is 9.59 Å². The van der Waals surface area contributed by atoms with Crippen molar-refractivity contribution < 1.29 is 42.1 Å². The number of H-pyrrole nitrogens is 1. The Labute approximate surface area is 232 Å². The van der Waals surface area contributed by atoms with Gasteiger partial charge in [0, 0.05) is 24.5 Å². The van der Waals surface area contributed by atoms with Gasteiger partial charge >= 0.3 is 18.4 Å². The summed E-state index contributed by atoms with van der Waals surface area (Å²) in [6, 6.07) is 2.90. The van der Waals surface area contributed by atoms with Crippen molar-refractivity contribution in [2.45, 2.75) is 93.5 Å². The first-order valence-corrected chi connectivity index (χ1v) is 12.4. The number of hydrogen-bond acceptors (Lipinski definition) is 8. The van der Waals surface area contributed by atoms with E-state index in [4.69, 9.17) is 19.3 Å². The first kappa shape index (κ1) is 36.7. The van der Waals surface area contributed by atoms with Gasteiger partial charge in [-0.1, -0.05) is 20.8 Å². The lowest BCUT2D eigenvalue weighted by atomic mass is 9.94. The van der Waals surface area contributed by atoms with Crippen LogP contribution in [0.4, 0.5) is 22.8 Å². The van der Waals surface area contributed by atoms with E-state index in [1.807, 2.05) is 20.8 Å². The summed E-state index contributed by atoms with van der Waals surface area (Å²) in [5.74, 6) is 0.427. The number of carbonyl (C=O) groups is 2. The summed E-state index contributed by atoms with van der Waals surface area (Å²) in [6.07, 6.45) is -2.53. The summed E-state index contributed by atoms with van der Waals surface area (Å²) in [4.78, 5) is 33.6. The fourth-order valence-corrected chi connectivity index (χ4v) is 1.93. The number of aromatic nitrogens is 4. The Morgan fingerprint density at radius 3 is 1.73 bits per heavy atom. The highest BCUT2D eigenvalue weighted by molar-refractivity contribution is 5.70. The van der Waals surface area contributed by atoms with Crippen LogP contribution in [0.3, 0.4) is 0 Å². The van der Waals surface area contributed by atoms with E-state index >= 15 is 0 Å². The molecular formula is C26H43F3N4O7. The Hall–Kier alpha value is -3.29. The molecule has 0 amide bonds. The molecule has 0 aliphatic heterocycles. The van der Waals surface area contributed by atoms with Gasteiger partial charge in [0.05, 0.1) is 18.6 Å². The van der Waals surface area contributed by atoms with Crippen LogP contribution in [0.2, 0.25) is 0 Å². The fraction of sp³-hybridized carbons (Fsp3) is 0.692. The van der Waals surface area contributed by atoms with Gasteiger partial charge < -0.3 is 19.3 Å². The molecule has 0 fully saturated rings. The molecule has 2 N–H and O–H groups in total. The maximum absolute atomic E-state index is 11.7.